The second-order valence-corrected chi connectivity index (χ2v) is 5.14. The molecule has 1 aromatic carbocycles. The average molecular weight is 296 g/mol. The highest BCUT2D eigenvalue weighted by molar-refractivity contribution is 6.07. The molecule has 6 nitrogen and oxygen atoms in total. The van der Waals surface area contributed by atoms with Crippen molar-refractivity contribution >= 4 is 22.7 Å². The van der Waals surface area contributed by atoms with Crippen LogP contribution in [0.2, 0.25) is 0 Å². The normalized spacial score (nSPS) is 11.0. The first-order valence-corrected chi connectivity index (χ1v) is 6.99. The van der Waals surface area contributed by atoms with Crippen LogP contribution in [-0.2, 0) is 6.42 Å². The third kappa shape index (κ3) is 2.18. The van der Waals surface area contributed by atoms with Crippen molar-refractivity contribution in [2.75, 3.05) is 5.73 Å². The Balaban J connectivity index is 2.36. The van der Waals surface area contributed by atoms with Gasteiger partial charge < -0.3 is 15.8 Å². The van der Waals surface area contributed by atoms with Gasteiger partial charge in [0, 0.05) is 23.9 Å². The number of nitrogen functional groups attached to an aromatic ring is 1. The van der Waals surface area contributed by atoms with Crippen LogP contribution in [-0.4, -0.2) is 26.0 Å². The van der Waals surface area contributed by atoms with Gasteiger partial charge in [0.15, 0.2) is 0 Å². The summed E-state index contributed by atoms with van der Waals surface area (Å²) in [6.45, 7) is 3.88. The molecule has 3 aromatic rings. The molecule has 0 bridgehead atoms. The summed E-state index contributed by atoms with van der Waals surface area (Å²) in [5, 5.41) is 9.88. The van der Waals surface area contributed by atoms with Gasteiger partial charge >= 0.3 is 5.97 Å². The fourth-order valence-electron chi connectivity index (χ4n) is 2.40. The summed E-state index contributed by atoms with van der Waals surface area (Å²) in [5.41, 5.74) is 9.66. The predicted octanol–water partition coefficient (Wildman–Crippen LogP) is 2.78. The number of aromatic nitrogens is 3. The van der Waals surface area contributed by atoms with Crippen molar-refractivity contribution in [3.05, 3.63) is 41.3 Å². The Kier molecular flexibility index (Phi) is 3.29. The SMILES string of the molecule is CCc1nc(-c2ccc(C)c(N)c2)c2c(C(=O)O)c[nH]c2n1. The lowest BCUT2D eigenvalue weighted by atomic mass is 10.0. The van der Waals surface area contributed by atoms with E-state index in [0.29, 0.717) is 34.7 Å². The molecule has 3 rings (SSSR count). The van der Waals surface area contributed by atoms with Crippen molar-refractivity contribution in [2.24, 2.45) is 0 Å². The van der Waals surface area contributed by atoms with E-state index >= 15 is 0 Å². The molecule has 0 aliphatic carbocycles. The lowest BCUT2D eigenvalue weighted by molar-refractivity contribution is 0.0699. The van der Waals surface area contributed by atoms with Crippen molar-refractivity contribution in [3.8, 4) is 11.3 Å². The average Bonchev–Trinajstić information content (AvgIpc) is 2.93. The van der Waals surface area contributed by atoms with Gasteiger partial charge in [0.2, 0.25) is 0 Å². The summed E-state index contributed by atoms with van der Waals surface area (Å²) in [6.07, 6.45) is 2.11. The number of benzene rings is 1. The second kappa shape index (κ2) is 5.14. The van der Waals surface area contributed by atoms with Crippen LogP contribution < -0.4 is 5.73 Å². The number of fused-ring (bicyclic) bond motifs is 1. The van der Waals surface area contributed by atoms with E-state index < -0.39 is 5.97 Å². The van der Waals surface area contributed by atoms with Crippen LogP contribution in [0.3, 0.4) is 0 Å². The zero-order valence-electron chi connectivity index (χ0n) is 12.3. The lowest BCUT2D eigenvalue weighted by Crippen LogP contribution is -2.01. The number of aryl methyl sites for hydroxylation is 2. The number of H-pyrrole nitrogens is 1. The molecule has 0 radical (unpaired) electrons. The van der Waals surface area contributed by atoms with Crippen LogP contribution in [0.1, 0.15) is 28.7 Å². The third-order valence-corrected chi connectivity index (χ3v) is 3.68. The van der Waals surface area contributed by atoms with Gasteiger partial charge in [-0.1, -0.05) is 19.1 Å². The number of hydrogen-bond acceptors (Lipinski definition) is 4. The quantitative estimate of drug-likeness (QED) is 0.644. The molecule has 0 amide bonds. The van der Waals surface area contributed by atoms with E-state index in [2.05, 4.69) is 15.0 Å². The number of rotatable bonds is 3. The number of aromatic carboxylic acids is 1. The van der Waals surface area contributed by atoms with Crippen LogP contribution in [0.4, 0.5) is 5.69 Å². The van der Waals surface area contributed by atoms with Gasteiger partial charge in [-0.25, -0.2) is 14.8 Å². The van der Waals surface area contributed by atoms with Gasteiger partial charge in [0.05, 0.1) is 16.6 Å². The molecule has 0 aliphatic heterocycles. The Morgan fingerprint density at radius 2 is 2.14 bits per heavy atom. The molecule has 0 fully saturated rings. The van der Waals surface area contributed by atoms with E-state index in [-0.39, 0.29) is 5.56 Å². The molecule has 112 valence electrons. The molecular weight excluding hydrogens is 280 g/mol. The Morgan fingerprint density at radius 1 is 1.36 bits per heavy atom. The van der Waals surface area contributed by atoms with E-state index in [1.165, 1.54) is 6.20 Å². The minimum Gasteiger partial charge on any atom is -0.478 e. The number of nitrogens with zero attached hydrogens (tertiary/aromatic N) is 2. The fraction of sp³-hybridized carbons (Fsp3) is 0.188. The molecule has 2 aromatic heterocycles. The number of carboxylic acids is 1. The number of aromatic amines is 1. The summed E-state index contributed by atoms with van der Waals surface area (Å²) < 4.78 is 0. The smallest absolute Gasteiger partial charge is 0.338 e. The monoisotopic (exact) mass is 296 g/mol. The number of hydrogen-bond donors (Lipinski definition) is 3. The van der Waals surface area contributed by atoms with E-state index in [1.807, 2.05) is 32.0 Å². The first-order valence-electron chi connectivity index (χ1n) is 6.99. The minimum absolute atomic E-state index is 0.159. The molecule has 0 atom stereocenters. The fourth-order valence-corrected chi connectivity index (χ4v) is 2.40. The largest absolute Gasteiger partial charge is 0.478 e. The van der Waals surface area contributed by atoms with Gasteiger partial charge in [-0.15, -0.1) is 0 Å². The van der Waals surface area contributed by atoms with Crippen molar-refractivity contribution in [3.63, 3.8) is 0 Å². The maximum absolute atomic E-state index is 11.4. The first kappa shape index (κ1) is 14.1. The zero-order chi connectivity index (χ0) is 15.9. The Hall–Kier alpha value is -2.89. The maximum atomic E-state index is 11.4. The number of nitrogens with one attached hydrogen (secondary N) is 1. The number of nitrogens with two attached hydrogens (primary N) is 1. The van der Waals surface area contributed by atoms with Gasteiger partial charge in [-0.3, -0.25) is 0 Å². The summed E-state index contributed by atoms with van der Waals surface area (Å²) >= 11 is 0. The third-order valence-electron chi connectivity index (χ3n) is 3.68. The number of carbonyl (C=O) groups is 1. The van der Waals surface area contributed by atoms with Crippen LogP contribution >= 0.6 is 0 Å². The van der Waals surface area contributed by atoms with Crippen LogP contribution in [0.25, 0.3) is 22.3 Å². The summed E-state index contributed by atoms with van der Waals surface area (Å²) in [4.78, 5) is 23.2. The Bertz CT molecular complexity index is 883. The minimum atomic E-state index is -1.01. The highest BCUT2D eigenvalue weighted by Crippen LogP contribution is 2.30. The standard InChI is InChI=1S/C16H16N4O2/c1-3-12-19-14(9-5-4-8(2)11(17)6-9)13-10(16(21)22)7-18-15(13)20-12/h4-7H,3,17H2,1-2H3,(H,21,22)(H,18,19,20). The van der Waals surface area contributed by atoms with Crippen molar-refractivity contribution < 1.29 is 9.90 Å². The molecule has 22 heavy (non-hydrogen) atoms. The molecular formula is C16H16N4O2. The van der Waals surface area contributed by atoms with Crippen LogP contribution in [0, 0.1) is 6.92 Å². The molecule has 4 N–H and O–H groups in total. The van der Waals surface area contributed by atoms with E-state index in [4.69, 9.17) is 5.73 Å². The molecule has 0 saturated carbocycles. The van der Waals surface area contributed by atoms with Gasteiger partial charge in [-0.05, 0) is 18.6 Å². The molecule has 2 heterocycles. The van der Waals surface area contributed by atoms with Gasteiger partial charge in [-0.2, -0.15) is 0 Å². The summed E-state index contributed by atoms with van der Waals surface area (Å²) in [5.74, 6) is -0.360. The van der Waals surface area contributed by atoms with Crippen molar-refractivity contribution in [1.29, 1.82) is 0 Å². The first-order chi connectivity index (χ1) is 10.5. The second-order valence-electron chi connectivity index (χ2n) is 5.14. The summed E-state index contributed by atoms with van der Waals surface area (Å²) in [7, 11) is 0. The molecule has 0 saturated heterocycles. The predicted molar refractivity (Wildman–Crippen MR) is 84.8 cm³/mol. The number of anilines is 1. The topological polar surface area (TPSA) is 105 Å². The highest BCUT2D eigenvalue weighted by atomic mass is 16.4. The molecule has 6 heteroatoms. The Morgan fingerprint density at radius 3 is 2.77 bits per heavy atom. The maximum Gasteiger partial charge on any atom is 0.338 e. The lowest BCUT2D eigenvalue weighted by Gasteiger charge is -2.08. The van der Waals surface area contributed by atoms with Gasteiger partial charge in [0.1, 0.15) is 11.5 Å². The van der Waals surface area contributed by atoms with Crippen LogP contribution in [0.5, 0.6) is 0 Å². The van der Waals surface area contributed by atoms with Gasteiger partial charge in [0.25, 0.3) is 0 Å². The molecule has 0 unspecified atom stereocenters. The van der Waals surface area contributed by atoms with E-state index in [1.54, 1.807) is 0 Å². The molecule has 0 spiro atoms. The van der Waals surface area contributed by atoms with Crippen LogP contribution in [0.15, 0.2) is 24.4 Å². The number of carboxylic acid groups (broad SMARTS) is 1. The van der Waals surface area contributed by atoms with E-state index in [0.717, 1.165) is 11.1 Å². The Labute approximate surface area is 127 Å². The van der Waals surface area contributed by atoms with Crippen molar-refractivity contribution in [1.82, 2.24) is 15.0 Å². The summed E-state index contributed by atoms with van der Waals surface area (Å²) in [6, 6.07) is 5.61. The van der Waals surface area contributed by atoms with E-state index in [9.17, 15) is 9.90 Å². The highest BCUT2D eigenvalue weighted by Gasteiger charge is 2.19. The zero-order valence-corrected chi connectivity index (χ0v) is 12.3. The molecule has 0 aliphatic rings. The van der Waals surface area contributed by atoms with Crippen molar-refractivity contribution in [2.45, 2.75) is 20.3 Å².